The van der Waals surface area contributed by atoms with E-state index in [1.165, 1.54) is 19.3 Å². The van der Waals surface area contributed by atoms with Crippen LogP contribution in [0.1, 0.15) is 36.8 Å². The van der Waals surface area contributed by atoms with Crippen LogP contribution in [0.25, 0.3) is 0 Å². The van der Waals surface area contributed by atoms with Crippen LogP contribution in [0.5, 0.6) is 0 Å². The molecule has 1 unspecified atom stereocenters. The molecular formula is C11H18N4S. The molecule has 5 heteroatoms. The van der Waals surface area contributed by atoms with Gasteiger partial charge in [0.05, 0.1) is 10.6 Å². The van der Waals surface area contributed by atoms with E-state index in [-0.39, 0.29) is 5.84 Å². The third-order valence-electron chi connectivity index (χ3n) is 3.08. The Hall–Kier alpha value is -1.10. The van der Waals surface area contributed by atoms with E-state index in [4.69, 9.17) is 11.1 Å². The van der Waals surface area contributed by atoms with Crippen LogP contribution in [0.3, 0.4) is 0 Å². The van der Waals surface area contributed by atoms with Gasteiger partial charge < -0.3 is 10.6 Å². The lowest BCUT2D eigenvalue weighted by Crippen LogP contribution is -2.37. The average molecular weight is 238 g/mol. The first-order valence-electron chi connectivity index (χ1n) is 5.68. The zero-order valence-corrected chi connectivity index (χ0v) is 10.6. The van der Waals surface area contributed by atoms with Gasteiger partial charge in [0.2, 0.25) is 0 Å². The van der Waals surface area contributed by atoms with Gasteiger partial charge in [-0.05, 0) is 33.1 Å². The molecule has 2 rings (SSSR count). The second-order valence-corrected chi connectivity index (χ2v) is 5.34. The van der Waals surface area contributed by atoms with Crippen LogP contribution in [0.4, 0.5) is 5.13 Å². The van der Waals surface area contributed by atoms with Crippen LogP contribution in [0.2, 0.25) is 0 Å². The number of thiazole rings is 1. The molecule has 0 radical (unpaired) electrons. The molecule has 0 spiro atoms. The summed E-state index contributed by atoms with van der Waals surface area (Å²) in [5, 5.41) is 8.51. The Morgan fingerprint density at radius 1 is 1.56 bits per heavy atom. The number of nitrogens with one attached hydrogen (secondary N) is 1. The van der Waals surface area contributed by atoms with E-state index in [2.05, 4.69) is 16.8 Å². The van der Waals surface area contributed by atoms with Crippen molar-refractivity contribution < 1.29 is 0 Å². The monoisotopic (exact) mass is 238 g/mol. The van der Waals surface area contributed by atoms with Crippen molar-refractivity contribution >= 4 is 22.3 Å². The van der Waals surface area contributed by atoms with Gasteiger partial charge in [-0.3, -0.25) is 5.41 Å². The van der Waals surface area contributed by atoms with Crippen LogP contribution in [0.15, 0.2) is 0 Å². The molecule has 3 N–H and O–H groups in total. The first-order valence-corrected chi connectivity index (χ1v) is 6.49. The summed E-state index contributed by atoms with van der Waals surface area (Å²) >= 11 is 1.54. The van der Waals surface area contributed by atoms with Crippen molar-refractivity contribution in [2.24, 2.45) is 5.73 Å². The molecule has 1 aromatic rings. The summed E-state index contributed by atoms with van der Waals surface area (Å²) in [5.74, 6) is 0.130. The number of anilines is 1. The smallest absolute Gasteiger partial charge is 0.186 e. The Morgan fingerprint density at radius 2 is 2.31 bits per heavy atom. The summed E-state index contributed by atoms with van der Waals surface area (Å²) in [6, 6.07) is 0.555. The molecule has 16 heavy (non-hydrogen) atoms. The molecule has 1 aliphatic rings. The molecule has 0 bridgehead atoms. The maximum absolute atomic E-state index is 7.48. The fraction of sp³-hybridized carbons (Fsp3) is 0.636. The highest BCUT2D eigenvalue weighted by Crippen LogP contribution is 2.30. The summed E-state index contributed by atoms with van der Waals surface area (Å²) in [5.41, 5.74) is 6.41. The molecule has 1 atom stereocenters. The number of hydrogen-bond acceptors (Lipinski definition) is 4. The number of piperidine rings is 1. The van der Waals surface area contributed by atoms with Gasteiger partial charge in [0.15, 0.2) is 5.13 Å². The highest BCUT2D eigenvalue weighted by molar-refractivity contribution is 7.17. The minimum atomic E-state index is 0.130. The predicted molar refractivity (Wildman–Crippen MR) is 68.5 cm³/mol. The van der Waals surface area contributed by atoms with Crippen molar-refractivity contribution in [3.05, 3.63) is 10.6 Å². The third kappa shape index (κ3) is 2.04. The number of nitrogens with two attached hydrogens (primary N) is 1. The average Bonchev–Trinajstić information content (AvgIpc) is 2.61. The molecule has 0 saturated carbocycles. The topological polar surface area (TPSA) is 66.0 Å². The summed E-state index contributed by atoms with van der Waals surface area (Å²) in [6.07, 6.45) is 3.77. The van der Waals surface area contributed by atoms with Crippen LogP contribution in [-0.2, 0) is 0 Å². The molecule has 2 heterocycles. The molecule has 0 aromatic carbocycles. The van der Waals surface area contributed by atoms with Gasteiger partial charge in [-0.1, -0.05) is 11.3 Å². The number of nitrogen functional groups attached to an aromatic ring is 1. The Morgan fingerprint density at radius 3 is 2.88 bits per heavy atom. The van der Waals surface area contributed by atoms with Gasteiger partial charge in [-0.15, -0.1) is 0 Å². The second kappa shape index (κ2) is 4.41. The van der Waals surface area contributed by atoms with E-state index in [0.717, 1.165) is 22.2 Å². The van der Waals surface area contributed by atoms with E-state index < -0.39 is 0 Å². The van der Waals surface area contributed by atoms with Crippen molar-refractivity contribution in [2.45, 2.75) is 39.2 Å². The fourth-order valence-corrected chi connectivity index (χ4v) is 3.19. The van der Waals surface area contributed by atoms with Crippen LogP contribution < -0.4 is 10.6 Å². The Balaban J connectivity index is 2.26. The van der Waals surface area contributed by atoms with Gasteiger partial charge in [-0.25, -0.2) is 4.98 Å². The highest BCUT2D eigenvalue weighted by Gasteiger charge is 2.22. The lowest BCUT2D eigenvalue weighted by atomic mass is 10.1. The quantitative estimate of drug-likeness (QED) is 0.612. The summed E-state index contributed by atoms with van der Waals surface area (Å²) in [7, 11) is 0. The maximum atomic E-state index is 7.48. The van der Waals surface area contributed by atoms with Crippen molar-refractivity contribution in [3.8, 4) is 0 Å². The minimum absolute atomic E-state index is 0.130. The fourth-order valence-electron chi connectivity index (χ4n) is 2.14. The first kappa shape index (κ1) is 11.4. The number of hydrogen-bond donors (Lipinski definition) is 2. The number of rotatable bonds is 2. The van der Waals surface area contributed by atoms with Gasteiger partial charge in [0.1, 0.15) is 5.84 Å². The van der Waals surface area contributed by atoms with Crippen LogP contribution in [-0.4, -0.2) is 23.4 Å². The molecule has 0 amide bonds. The Bertz CT molecular complexity index is 399. The predicted octanol–water partition coefficient (Wildman–Crippen LogP) is 2.11. The number of nitrogens with zero attached hydrogens (tertiary/aromatic N) is 2. The Labute approximate surface area is 100.0 Å². The Kier molecular flexibility index (Phi) is 3.14. The molecule has 1 aromatic heterocycles. The lowest BCUT2D eigenvalue weighted by molar-refractivity contribution is 0.484. The minimum Gasteiger partial charge on any atom is -0.383 e. The van der Waals surface area contributed by atoms with Gasteiger partial charge in [-0.2, -0.15) is 0 Å². The molecule has 4 nitrogen and oxygen atoms in total. The molecule has 0 aliphatic carbocycles. The van der Waals surface area contributed by atoms with Crippen molar-refractivity contribution in [1.29, 1.82) is 5.41 Å². The zero-order chi connectivity index (χ0) is 11.7. The summed E-state index contributed by atoms with van der Waals surface area (Å²) < 4.78 is 0. The van der Waals surface area contributed by atoms with Crippen LogP contribution in [0, 0.1) is 12.3 Å². The molecule has 1 aliphatic heterocycles. The maximum Gasteiger partial charge on any atom is 0.186 e. The number of aryl methyl sites for hydroxylation is 1. The normalized spacial score (nSPS) is 21.1. The van der Waals surface area contributed by atoms with Crippen molar-refractivity contribution in [3.63, 3.8) is 0 Å². The van der Waals surface area contributed by atoms with Gasteiger partial charge in [0.25, 0.3) is 0 Å². The summed E-state index contributed by atoms with van der Waals surface area (Å²) in [6.45, 7) is 5.24. The molecule has 1 saturated heterocycles. The van der Waals surface area contributed by atoms with Gasteiger partial charge in [0, 0.05) is 12.6 Å². The van der Waals surface area contributed by atoms with Crippen molar-refractivity contribution in [2.75, 3.05) is 11.4 Å². The largest absolute Gasteiger partial charge is 0.383 e. The highest BCUT2D eigenvalue weighted by atomic mass is 32.1. The first-order chi connectivity index (χ1) is 7.59. The standard InChI is InChI=1S/C11H18N4S/c1-7-5-3-4-6-15(7)11-14-8(2)9(16-11)10(12)13/h7H,3-6H2,1-2H3,(H3,12,13). The second-order valence-electron chi connectivity index (χ2n) is 4.36. The zero-order valence-electron chi connectivity index (χ0n) is 9.79. The SMILES string of the molecule is Cc1nc(N2CCCCC2C)sc1C(=N)N. The van der Waals surface area contributed by atoms with Crippen molar-refractivity contribution in [1.82, 2.24) is 4.98 Å². The van der Waals surface area contributed by atoms with E-state index >= 15 is 0 Å². The van der Waals surface area contributed by atoms with Crippen LogP contribution >= 0.6 is 11.3 Å². The van der Waals surface area contributed by atoms with Gasteiger partial charge >= 0.3 is 0 Å². The number of aromatic nitrogens is 1. The molecule has 1 fully saturated rings. The van der Waals surface area contributed by atoms with E-state index in [0.29, 0.717) is 6.04 Å². The van der Waals surface area contributed by atoms with E-state index in [1.54, 1.807) is 11.3 Å². The third-order valence-corrected chi connectivity index (χ3v) is 4.31. The van der Waals surface area contributed by atoms with E-state index in [9.17, 15) is 0 Å². The van der Waals surface area contributed by atoms with E-state index in [1.807, 2.05) is 6.92 Å². The molecular weight excluding hydrogens is 220 g/mol. The summed E-state index contributed by atoms with van der Waals surface area (Å²) in [4.78, 5) is 7.68. The lowest BCUT2D eigenvalue weighted by Gasteiger charge is -2.33. The number of amidine groups is 1. The molecule has 88 valence electrons.